The second-order valence-corrected chi connectivity index (χ2v) is 7.04. The van der Waals surface area contributed by atoms with E-state index in [0.717, 1.165) is 17.3 Å². The predicted molar refractivity (Wildman–Crippen MR) is 95.4 cm³/mol. The van der Waals surface area contributed by atoms with Crippen LogP contribution >= 0.6 is 15.9 Å². The molecule has 1 saturated carbocycles. The standard InChI is InChI=1S/C18H25BrN2O2/c1-14(22)21(17-6-4-2-3-5-7-17)13-12-20-18(23)15-8-10-16(19)11-9-15/h8-11,17H,2-7,12-13H2,1H3,(H,20,23). The molecule has 4 nitrogen and oxygen atoms in total. The molecule has 126 valence electrons. The zero-order valence-electron chi connectivity index (χ0n) is 13.7. The summed E-state index contributed by atoms with van der Waals surface area (Å²) in [6, 6.07) is 7.60. The van der Waals surface area contributed by atoms with E-state index in [1.165, 1.54) is 25.7 Å². The number of carbonyl (C=O) groups is 2. The Morgan fingerprint density at radius 1 is 1.13 bits per heavy atom. The van der Waals surface area contributed by atoms with Gasteiger partial charge in [-0.3, -0.25) is 9.59 Å². The van der Waals surface area contributed by atoms with E-state index >= 15 is 0 Å². The summed E-state index contributed by atoms with van der Waals surface area (Å²) in [4.78, 5) is 26.0. The molecule has 0 atom stereocenters. The number of amides is 2. The summed E-state index contributed by atoms with van der Waals surface area (Å²) in [6.07, 6.45) is 7.09. The summed E-state index contributed by atoms with van der Waals surface area (Å²) in [5.74, 6) is 0.0108. The Hall–Kier alpha value is -1.36. The molecule has 0 radical (unpaired) electrons. The van der Waals surface area contributed by atoms with Crippen molar-refractivity contribution in [2.75, 3.05) is 13.1 Å². The topological polar surface area (TPSA) is 49.4 Å². The first-order valence-electron chi connectivity index (χ1n) is 8.39. The van der Waals surface area contributed by atoms with Gasteiger partial charge in [-0.15, -0.1) is 0 Å². The Morgan fingerprint density at radius 3 is 2.30 bits per heavy atom. The van der Waals surface area contributed by atoms with Crippen molar-refractivity contribution in [1.82, 2.24) is 10.2 Å². The number of hydrogen-bond acceptors (Lipinski definition) is 2. The average Bonchev–Trinajstić information content (AvgIpc) is 2.80. The van der Waals surface area contributed by atoms with Crippen molar-refractivity contribution in [2.24, 2.45) is 0 Å². The highest BCUT2D eigenvalue weighted by Gasteiger charge is 2.22. The molecule has 0 bridgehead atoms. The van der Waals surface area contributed by atoms with Crippen molar-refractivity contribution in [3.63, 3.8) is 0 Å². The molecule has 23 heavy (non-hydrogen) atoms. The molecule has 0 unspecified atom stereocenters. The summed E-state index contributed by atoms with van der Waals surface area (Å²) >= 11 is 3.36. The van der Waals surface area contributed by atoms with Crippen molar-refractivity contribution >= 4 is 27.7 Å². The first-order valence-corrected chi connectivity index (χ1v) is 9.18. The Kier molecular flexibility index (Phi) is 7.09. The molecule has 0 spiro atoms. The van der Waals surface area contributed by atoms with Gasteiger partial charge in [-0.25, -0.2) is 0 Å². The number of benzene rings is 1. The van der Waals surface area contributed by atoms with Gasteiger partial charge in [0.05, 0.1) is 0 Å². The highest BCUT2D eigenvalue weighted by Crippen LogP contribution is 2.21. The Labute approximate surface area is 146 Å². The van der Waals surface area contributed by atoms with Crippen LogP contribution in [0.2, 0.25) is 0 Å². The summed E-state index contributed by atoms with van der Waals surface area (Å²) in [7, 11) is 0. The largest absolute Gasteiger partial charge is 0.350 e. The smallest absolute Gasteiger partial charge is 0.251 e. The molecule has 0 aliphatic heterocycles. The van der Waals surface area contributed by atoms with Gasteiger partial charge in [0.2, 0.25) is 5.91 Å². The van der Waals surface area contributed by atoms with Crippen molar-refractivity contribution in [1.29, 1.82) is 0 Å². The van der Waals surface area contributed by atoms with Crippen LogP contribution in [-0.4, -0.2) is 35.8 Å². The van der Waals surface area contributed by atoms with E-state index in [2.05, 4.69) is 21.2 Å². The normalized spacial score (nSPS) is 15.7. The SMILES string of the molecule is CC(=O)N(CCNC(=O)c1ccc(Br)cc1)C1CCCCCC1. The fourth-order valence-corrected chi connectivity index (χ4v) is 3.42. The fraction of sp³-hybridized carbons (Fsp3) is 0.556. The van der Waals surface area contributed by atoms with Gasteiger partial charge in [0.15, 0.2) is 0 Å². The van der Waals surface area contributed by atoms with Gasteiger partial charge in [-0.05, 0) is 37.1 Å². The summed E-state index contributed by atoms with van der Waals surface area (Å²) in [5, 5.41) is 2.91. The number of rotatable bonds is 5. The fourth-order valence-electron chi connectivity index (χ4n) is 3.16. The van der Waals surface area contributed by atoms with Crippen molar-refractivity contribution in [3.8, 4) is 0 Å². The zero-order valence-corrected chi connectivity index (χ0v) is 15.3. The minimum Gasteiger partial charge on any atom is -0.350 e. The van der Waals surface area contributed by atoms with Gasteiger partial charge in [0.1, 0.15) is 0 Å². The molecule has 0 aromatic heterocycles. The number of nitrogens with zero attached hydrogens (tertiary/aromatic N) is 1. The van der Waals surface area contributed by atoms with E-state index in [9.17, 15) is 9.59 Å². The van der Waals surface area contributed by atoms with Crippen LogP contribution in [0.5, 0.6) is 0 Å². The third-order valence-electron chi connectivity index (χ3n) is 4.41. The zero-order chi connectivity index (χ0) is 16.7. The van der Waals surface area contributed by atoms with Crippen LogP contribution in [0.4, 0.5) is 0 Å². The molecule has 1 aromatic carbocycles. The van der Waals surface area contributed by atoms with Gasteiger partial charge >= 0.3 is 0 Å². The molecular weight excluding hydrogens is 356 g/mol. The Morgan fingerprint density at radius 2 is 1.74 bits per heavy atom. The van der Waals surface area contributed by atoms with Crippen molar-refractivity contribution < 1.29 is 9.59 Å². The first kappa shape index (κ1) is 18.0. The lowest BCUT2D eigenvalue weighted by atomic mass is 10.1. The summed E-state index contributed by atoms with van der Waals surface area (Å²) in [5.41, 5.74) is 0.636. The predicted octanol–water partition coefficient (Wildman–Crippen LogP) is 3.75. The quantitative estimate of drug-likeness (QED) is 0.790. The minimum atomic E-state index is -0.0955. The lowest BCUT2D eigenvalue weighted by molar-refractivity contribution is -0.131. The van der Waals surface area contributed by atoms with Crippen LogP contribution in [0.15, 0.2) is 28.7 Å². The lowest BCUT2D eigenvalue weighted by Gasteiger charge is -2.30. The Balaban J connectivity index is 1.85. The van der Waals surface area contributed by atoms with E-state index in [1.54, 1.807) is 19.1 Å². The second kappa shape index (κ2) is 9.06. The van der Waals surface area contributed by atoms with Gasteiger partial charge in [0.25, 0.3) is 5.91 Å². The van der Waals surface area contributed by atoms with Gasteiger partial charge in [-0.2, -0.15) is 0 Å². The highest BCUT2D eigenvalue weighted by atomic mass is 79.9. The van der Waals surface area contributed by atoms with Crippen LogP contribution in [0.3, 0.4) is 0 Å². The van der Waals surface area contributed by atoms with Gasteiger partial charge in [0, 0.05) is 36.1 Å². The maximum absolute atomic E-state index is 12.1. The second-order valence-electron chi connectivity index (χ2n) is 6.12. The maximum Gasteiger partial charge on any atom is 0.251 e. The monoisotopic (exact) mass is 380 g/mol. The Bertz CT molecular complexity index is 522. The minimum absolute atomic E-state index is 0.0955. The third kappa shape index (κ3) is 5.65. The number of nitrogens with one attached hydrogen (secondary N) is 1. The molecule has 2 amide bonds. The molecule has 0 heterocycles. The van der Waals surface area contributed by atoms with Crippen LogP contribution in [0.1, 0.15) is 55.8 Å². The molecule has 1 aliphatic carbocycles. The molecule has 1 aromatic rings. The lowest BCUT2D eigenvalue weighted by Crippen LogP contribution is -2.43. The van der Waals surface area contributed by atoms with Crippen molar-refractivity contribution in [3.05, 3.63) is 34.3 Å². The van der Waals surface area contributed by atoms with E-state index < -0.39 is 0 Å². The van der Waals surface area contributed by atoms with Crippen LogP contribution in [0.25, 0.3) is 0 Å². The van der Waals surface area contributed by atoms with Crippen LogP contribution < -0.4 is 5.32 Å². The summed E-state index contributed by atoms with van der Waals surface area (Å²) in [6.45, 7) is 2.70. The summed E-state index contributed by atoms with van der Waals surface area (Å²) < 4.78 is 0.949. The number of carbonyl (C=O) groups excluding carboxylic acids is 2. The van der Waals surface area contributed by atoms with E-state index in [1.807, 2.05) is 17.0 Å². The van der Waals surface area contributed by atoms with Gasteiger partial charge < -0.3 is 10.2 Å². The van der Waals surface area contributed by atoms with E-state index in [0.29, 0.717) is 24.7 Å². The molecule has 1 N–H and O–H groups in total. The van der Waals surface area contributed by atoms with Crippen LogP contribution in [-0.2, 0) is 4.79 Å². The average molecular weight is 381 g/mol. The third-order valence-corrected chi connectivity index (χ3v) is 4.94. The molecule has 2 rings (SSSR count). The van der Waals surface area contributed by atoms with Gasteiger partial charge in [-0.1, -0.05) is 41.6 Å². The molecule has 5 heteroatoms. The maximum atomic E-state index is 12.1. The highest BCUT2D eigenvalue weighted by molar-refractivity contribution is 9.10. The molecular formula is C18H25BrN2O2. The number of halogens is 1. The molecule has 0 saturated heterocycles. The van der Waals surface area contributed by atoms with Crippen molar-refractivity contribution in [2.45, 2.75) is 51.5 Å². The van der Waals surface area contributed by atoms with E-state index in [4.69, 9.17) is 0 Å². The molecule has 1 aliphatic rings. The number of hydrogen-bond donors (Lipinski definition) is 1. The van der Waals surface area contributed by atoms with E-state index in [-0.39, 0.29) is 11.8 Å². The first-order chi connectivity index (χ1) is 11.1. The molecule has 1 fully saturated rings. The van der Waals surface area contributed by atoms with Crippen LogP contribution in [0, 0.1) is 0 Å².